The van der Waals surface area contributed by atoms with E-state index in [1.54, 1.807) is 4.90 Å². The Morgan fingerprint density at radius 3 is 2.74 bits per heavy atom. The van der Waals surface area contributed by atoms with Crippen LogP contribution in [0.4, 0.5) is 0 Å². The lowest BCUT2D eigenvalue weighted by Crippen LogP contribution is -2.59. The number of ether oxygens (including phenoxy) is 1. The van der Waals surface area contributed by atoms with Crippen LogP contribution >= 0.6 is 0 Å². The van der Waals surface area contributed by atoms with Gasteiger partial charge in [0.2, 0.25) is 5.91 Å². The molecule has 1 aromatic rings. The van der Waals surface area contributed by atoms with Crippen LogP contribution in [0.2, 0.25) is 0 Å². The topological polar surface area (TPSA) is 49.9 Å². The summed E-state index contributed by atoms with van der Waals surface area (Å²) in [5.74, 6) is 1.04. The largest absolute Gasteiger partial charge is 0.425 e. The van der Waals surface area contributed by atoms with E-state index in [1.165, 1.54) is 43.2 Å². The Kier molecular flexibility index (Phi) is 5.36. The summed E-state index contributed by atoms with van der Waals surface area (Å²) in [6, 6.07) is 6.54. The molecule has 0 spiro atoms. The van der Waals surface area contributed by atoms with E-state index >= 15 is 0 Å². The van der Waals surface area contributed by atoms with Gasteiger partial charge in [0.25, 0.3) is 0 Å². The van der Waals surface area contributed by atoms with Crippen LogP contribution in [0.1, 0.15) is 69.9 Å². The molecule has 2 aliphatic heterocycles. The number of benzene rings is 1. The number of carbonyl (C=O) groups is 2. The molecule has 1 unspecified atom stereocenters. The molecular formula is C26H36N2O3. The minimum absolute atomic E-state index is 0.0474. The Labute approximate surface area is 186 Å². The molecule has 31 heavy (non-hydrogen) atoms. The van der Waals surface area contributed by atoms with Gasteiger partial charge < -0.3 is 14.5 Å². The summed E-state index contributed by atoms with van der Waals surface area (Å²) in [6.45, 7) is 5.59. The first-order chi connectivity index (χ1) is 14.9. The lowest BCUT2D eigenvalue weighted by Gasteiger charge is -2.58. The van der Waals surface area contributed by atoms with Gasteiger partial charge in [0.05, 0.1) is 0 Å². The fourth-order valence-corrected chi connectivity index (χ4v) is 7.03. The van der Waals surface area contributed by atoms with Crippen molar-refractivity contribution in [3.8, 4) is 5.75 Å². The molecule has 2 bridgehead atoms. The number of fused-ring (bicyclic) bond motifs is 1. The number of nitrogens with zero attached hydrogens (tertiary/aromatic N) is 2. The van der Waals surface area contributed by atoms with Gasteiger partial charge in [0.1, 0.15) is 11.8 Å². The minimum Gasteiger partial charge on any atom is -0.425 e. The van der Waals surface area contributed by atoms with Crippen molar-refractivity contribution in [2.24, 2.45) is 11.8 Å². The fraction of sp³-hybridized carbons (Fsp3) is 0.692. The first-order valence-corrected chi connectivity index (χ1v) is 12.3. The third kappa shape index (κ3) is 3.40. The number of hydrogen-bond acceptors (Lipinski definition) is 4. The summed E-state index contributed by atoms with van der Waals surface area (Å²) < 4.78 is 5.92. The van der Waals surface area contributed by atoms with E-state index in [0.717, 1.165) is 19.4 Å². The molecule has 168 valence electrons. The van der Waals surface area contributed by atoms with Gasteiger partial charge in [-0.1, -0.05) is 32.8 Å². The highest BCUT2D eigenvalue weighted by Gasteiger charge is 2.53. The van der Waals surface area contributed by atoms with Gasteiger partial charge in [0, 0.05) is 23.9 Å². The molecule has 1 saturated carbocycles. The molecule has 5 rings (SSSR count). The monoisotopic (exact) mass is 424 g/mol. The lowest BCUT2D eigenvalue weighted by atomic mass is 9.52. The van der Waals surface area contributed by atoms with Crippen molar-refractivity contribution in [3.63, 3.8) is 0 Å². The number of esters is 1. The first-order valence-electron chi connectivity index (χ1n) is 12.3. The molecule has 2 saturated heterocycles. The average Bonchev–Trinajstić information content (AvgIpc) is 3.26. The molecule has 0 aromatic heterocycles. The van der Waals surface area contributed by atoms with Crippen LogP contribution in [0.5, 0.6) is 5.75 Å². The summed E-state index contributed by atoms with van der Waals surface area (Å²) in [7, 11) is 2.29. The molecule has 2 aliphatic carbocycles. The highest BCUT2D eigenvalue weighted by Crippen LogP contribution is 2.55. The summed E-state index contributed by atoms with van der Waals surface area (Å²) in [6.07, 6.45) is 9.07. The fourth-order valence-electron chi connectivity index (χ4n) is 7.03. The number of likely N-dealkylation sites (N-methyl/N-ethyl adjacent to an activating group) is 1. The van der Waals surface area contributed by atoms with Crippen molar-refractivity contribution >= 4 is 11.9 Å². The molecule has 0 radical (unpaired) electrons. The Hall–Kier alpha value is -1.88. The normalized spacial score (nSPS) is 32.5. The zero-order valence-electron chi connectivity index (χ0n) is 19.2. The minimum atomic E-state index is -0.445. The van der Waals surface area contributed by atoms with Gasteiger partial charge in [-0.15, -0.1) is 0 Å². The molecule has 1 amide bonds. The number of piperidine rings is 1. The second kappa shape index (κ2) is 7.91. The predicted molar refractivity (Wildman–Crippen MR) is 120 cm³/mol. The van der Waals surface area contributed by atoms with Crippen LogP contribution in [-0.2, 0) is 21.4 Å². The van der Waals surface area contributed by atoms with Crippen LogP contribution in [0.25, 0.3) is 0 Å². The third-order valence-electron chi connectivity index (χ3n) is 8.61. The molecule has 2 heterocycles. The SMILES string of the molecule is CC(C)C(=O)N1CCCC1C(=O)Oc1ccc2c(c1)[C@@]13CCCC[C@H]1[C@@H](C2)N(C)CC3. The van der Waals surface area contributed by atoms with Crippen LogP contribution in [-0.4, -0.2) is 53.9 Å². The highest BCUT2D eigenvalue weighted by molar-refractivity contribution is 5.87. The van der Waals surface area contributed by atoms with Crippen molar-refractivity contribution in [3.05, 3.63) is 29.3 Å². The van der Waals surface area contributed by atoms with Gasteiger partial charge in [-0.25, -0.2) is 4.79 Å². The van der Waals surface area contributed by atoms with Gasteiger partial charge >= 0.3 is 5.97 Å². The maximum absolute atomic E-state index is 13.0. The van der Waals surface area contributed by atoms with Gasteiger partial charge in [-0.05, 0) is 81.3 Å². The van der Waals surface area contributed by atoms with Crippen molar-refractivity contribution in [2.45, 2.75) is 82.7 Å². The maximum Gasteiger partial charge on any atom is 0.334 e. The first kappa shape index (κ1) is 21.0. The van der Waals surface area contributed by atoms with Crippen LogP contribution in [0.15, 0.2) is 18.2 Å². The molecule has 5 nitrogen and oxygen atoms in total. The molecule has 1 aromatic carbocycles. The van der Waals surface area contributed by atoms with E-state index < -0.39 is 6.04 Å². The van der Waals surface area contributed by atoms with Crippen LogP contribution < -0.4 is 4.74 Å². The van der Waals surface area contributed by atoms with E-state index in [1.807, 2.05) is 19.9 Å². The highest BCUT2D eigenvalue weighted by atomic mass is 16.5. The summed E-state index contributed by atoms with van der Waals surface area (Å²) >= 11 is 0. The molecule has 0 N–H and O–H groups in total. The number of rotatable bonds is 3. The van der Waals surface area contributed by atoms with Crippen molar-refractivity contribution in [1.29, 1.82) is 0 Å². The molecule has 4 atom stereocenters. The summed E-state index contributed by atoms with van der Waals surface area (Å²) in [4.78, 5) is 29.9. The second-order valence-electron chi connectivity index (χ2n) is 10.6. The zero-order chi connectivity index (χ0) is 21.8. The Morgan fingerprint density at radius 1 is 1.10 bits per heavy atom. The third-order valence-corrected chi connectivity index (χ3v) is 8.61. The van der Waals surface area contributed by atoms with E-state index in [0.29, 0.717) is 30.7 Å². The van der Waals surface area contributed by atoms with E-state index in [-0.39, 0.29) is 23.2 Å². The Balaban J connectivity index is 1.41. The zero-order valence-corrected chi connectivity index (χ0v) is 19.2. The quantitative estimate of drug-likeness (QED) is 0.545. The van der Waals surface area contributed by atoms with Crippen LogP contribution in [0.3, 0.4) is 0 Å². The summed E-state index contributed by atoms with van der Waals surface area (Å²) in [5, 5.41) is 0. The average molecular weight is 425 g/mol. The number of carbonyl (C=O) groups excluding carboxylic acids is 2. The lowest BCUT2D eigenvalue weighted by molar-refractivity contribution is -0.147. The van der Waals surface area contributed by atoms with Crippen molar-refractivity contribution in [1.82, 2.24) is 9.80 Å². The standard InChI is InChI=1S/C26H36N2O3/c1-17(2)24(29)28-13-6-8-22(28)25(30)31-19-10-9-18-15-23-20-7-4-5-11-26(20,21(18)16-19)12-14-27(23)3/h9-10,16-17,20,22-23H,4-8,11-15H2,1-3H3/t20-,22?,23+,26+/m0/s1. The van der Waals surface area contributed by atoms with Crippen LogP contribution in [0, 0.1) is 11.8 Å². The van der Waals surface area contributed by atoms with Crippen molar-refractivity contribution in [2.75, 3.05) is 20.1 Å². The molecular weight excluding hydrogens is 388 g/mol. The smallest absolute Gasteiger partial charge is 0.334 e. The van der Waals surface area contributed by atoms with Gasteiger partial charge in [-0.2, -0.15) is 0 Å². The Bertz CT molecular complexity index is 881. The molecule has 5 heteroatoms. The number of likely N-dealkylation sites (tertiary alicyclic amines) is 2. The summed E-state index contributed by atoms with van der Waals surface area (Å²) in [5.41, 5.74) is 3.12. The predicted octanol–water partition coefficient (Wildman–Crippen LogP) is 3.93. The molecule has 4 aliphatic rings. The van der Waals surface area contributed by atoms with Gasteiger partial charge in [0.15, 0.2) is 0 Å². The van der Waals surface area contributed by atoms with Gasteiger partial charge in [-0.3, -0.25) is 4.79 Å². The van der Waals surface area contributed by atoms with E-state index in [2.05, 4.69) is 24.1 Å². The Morgan fingerprint density at radius 2 is 1.94 bits per heavy atom. The number of hydrogen-bond donors (Lipinski definition) is 0. The molecule has 3 fully saturated rings. The maximum atomic E-state index is 13.0. The second-order valence-corrected chi connectivity index (χ2v) is 10.6. The van der Waals surface area contributed by atoms with E-state index in [4.69, 9.17) is 4.74 Å². The van der Waals surface area contributed by atoms with E-state index in [9.17, 15) is 9.59 Å². The van der Waals surface area contributed by atoms with Crippen molar-refractivity contribution < 1.29 is 14.3 Å². The number of amides is 1.